The molecule has 0 saturated carbocycles. The summed E-state index contributed by atoms with van der Waals surface area (Å²) < 4.78 is 11.2. The van der Waals surface area contributed by atoms with Gasteiger partial charge in [-0.2, -0.15) is 0 Å². The molecule has 3 heteroatoms. The molecule has 0 N–H and O–H groups in total. The zero-order valence-corrected chi connectivity index (χ0v) is 10.4. The van der Waals surface area contributed by atoms with Crippen LogP contribution in [-0.4, -0.2) is 24.8 Å². The van der Waals surface area contributed by atoms with E-state index in [1.807, 2.05) is 38.1 Å². The number of fused-ring (bicyclic) bond motifs is 1. The lowest BCUT2D eigenvalue weighted by molar-refractivity contribution is -0.201. The molecule has 0 aliphatic heterocycles. The van der Waals surface area contributed by atoms with Crippen LogP contribution < -0.4 is 0 Å². The lowest BCUT2D eigenvalue weighted by Gasteiger charge is -2.35. The Kier molecular flexibility index (Phi) is 3.60. The van der Waals surface area contributed by atoms with Crippen molar-refractivity contribution in [2.45, 2.75) is 32.5 Å². The van der Waals surface area contributed by atoms with E-state index in [-0.39, 0.29) is 5.78 Å². The molecule has 0 heterocycles. The van der Waals surface area contributed by atoms with Gasteiger partial charge >= 0.3 is 0 Å². The molecule has 0 atom stereocenters. The van der Waals surface area contributed by atoms with Crippen LogP contribution in [0.25, 0.3) is 0 Å². The maximum Gasteiger partial charge on any atom is 0.234 e. The molecule has 0 unspecified atom stereocenters. The third kappa shape index (κ3) is 2.13. The van der Waals surface area contributed by atoms with Crippen LogP contribution in [0.3, 0.4) is 0 Å². The van der Waals surface area contributed by atoms with Crippen molar-refractivity contribution in [3.63, 3.8) is 0 Å². The van der Waals surface area contributed by atoms with Gasteiger partial charge in [0.15, 0.2) is 0 Å². The molecule has 1 aromatic rings. The minimum atomic E-state index is -1.06. The topological polar surface area (TPSA) is 35.5 Å². The van der Waals surface area contributed by atoms with Gasteiger partial charge in [0.25, 0.3) is 0 Å². The maximum absolute atomic E-state index is 12.5. The van der Waals surface area contributed by atoms with Crippen molar-refractivity contribution in [3.05, 3.63) is 35.4 Å². The highest BCUT2D eigenvalue weighted by Gasteiger charge is 2.44. The second-order valence-corrected chi connectivity index (χ2v) is 4.11. The van der Waals surface area contributed by atoms with E-state index in [9.17, 15) is 4.79 Å². The summed E-state index contributed by atoms with van der Waals surface area (Å²) in [5.41, 5.74) is 1.83. The fraction of sp³-hybridized carbons (Fsp3) is 0.500. The van der Waals surface area contributed by atoms with Crippen molar-refractivity contribution in [3.8, 4) is 0 Å². The van der Waals surface area contributed by atoms with Gasteiger partial charge in [-0.1, -0.05) is 24.3 Å². The van der Waals surface area contributed by atoms with E-state index in [4.69, 9.17) is 9.47 Å². The fourth-order valence-corrected chi connectivity index (χ4v) is 2.36. The molecule has 2 rings (SSSR count). The molecule has 3 nitrogen and oxygen atoms in total. The van der Waals surface area contributed by atoms with Gasteiger partial charge < -0.3 is 9.47 Å². The van der Waals surface area contributed by atoms with Gasteiger partial charge in [-0.25, -0.2) is 0 Å². The summed E-state index contributed by atoms with van der Waals surface area (Å²) in [7, 11) is 0. The molecule has 0 radical (unpaired) electrons. The van der Waals surface area contributed by atoms with E-state index in [0.717, 1.165) is 17.5 Å². The Bertz CT molecular complexity index is 406. The Labute approximate surface area is 102 Å². The maximum atomic E-state index is 12.5. The third-order valence-electron chi connectivity index (χ3n) is 3.09. The summed E-state index contributed by atoms with van der Waals surface area (Å²) in [6.07, 6.45) is 1.42. The number of carbonyl (C=O) groups is 1. The lowest BCUT2D eigenvalue weighted by Crippen LogP contribution is -2.47. The van der Waals surface area contributed by atoms with Crippen molar-refractivity contribution in [2.24, 2.45) is 0 Å². The average Bonchev–Trinajstić information content (AvgIpc) is 2.35. The van der Waals surface area contributed by atoms with Crippen LogP contribution in [0.2, 0.25) is 0 Å². The van der Waals surface area contributed by atoms with Gasteiger partial charge in [0, 0.05) is 25.2 Å². The van der Waals surface area contributed by atoms with Crippen LogP contribution in [-0.2, 0) is 15.9 Å². The van der Waals surface area contributed by atoms with Gasteiger partial charge in [0.2, 0.25) is 11.6 Å². The van der Waals surface area contributed by atoms with Crippen molar-refractivity contribution >= 4 is 5.78 Å². The average molecular weight is 234 g/mol. The van der Waals surface area contributed by atoms with Crippen LogP contribution in [0.4, 0.5) is 0 Å². The van der Waals surface area contributed by atoms with Crippen LogP contribution in [0, 0.1) is 0 Å². The summed E-state index contributed by atoms with van der Waals surface area (Å²) >= 11 is 0. The number of benzene rings is 1. The molecule has 1 aliphatic rings. The van der Waals surface area contributed by atoms with E-state index in [1.54, 1.807) is 0 Å². The van der Waals surface area contributed by atoms with Gasteiger partial charge in [0.1, 0.15) is 0 Å². The first-order valence-corrected chi connectivity index (χ1v) is 6.14. The quantitative estimate of drug-likeness (QED) is 0.751. The smallest absolute Gasteiger partial charge is 0.234 e. The monoisotopic (exact) mass is 234 g/mol. The molecule has 17 heavy (non-hydrogen) atoms. The second-order valence-electron chi connectivity index (χ2n) is 4.11. The molecule has 1 aliphatic carbocycles. The fourth-order valence-electron chi connectivity index (χ4n) is 2.36. The Balaban J connectivity index is 2.36. The molecule has 0 fully saturated rings. The number of ether oxygens (including phenoxy) is 2. The van der Waals surface area contributed by atoms with Gasteiger partial charge in [-0.3, -0.25) is 4.79 Å². The Morgan fingerprint density at radius 1 is 1.18 bits per heavy atom. The summed E-state index contributed by atoms with van der Waals surface area (Å²) in [5.74, 6) is -1.10. The third-order valence-corrected chi connectivity index (χ3v) is 3.09. The SMILES string of the molecule is CCOC1(OCC)CCc2ccccc2C1=O. The minimum absolute atomic E-state index is 0.0388. The zero-order chi connectivity index (χ0) is 12.3. The number of aryl methyl sites for hydroxylation is 1. The van der Waals surface area contributed by atoms with Crippen LogP contribution >= 0.6 is 0 Å². The number of ketones is 1. The predicted molar refractivity (Wildman–Crippen MR) is 65.1 cm³/mol. The van der Waals surface area contributed by atoms with Crippen molar-refractivity contribution in [1.82, 2.24) is 0 Å². The molecule has 1 aromatic carbocycles. The number of Topliss-reactive ketones (excluding diaryl/α,β-unsaturated/α-hetero) is 1. The second kappa shape index (κ2) is 4.98. The van der Waals surface area contributed by atoms with Crippen molar-refractivity contribution in [1.29, 1.82) is 0 Å². The molecule has 0 aromatic heterocycles. The van der Waals surface area contributed by atoms with E-state index >= 15 is 0 Å². The number of hydrogen-bond donors (Lipinski definition) is 0. The molecule has 0 amide bonds. The number of hydrogen-bond acceptors (Lipinski definition) is 3. The normalized spacial score (nSPS) is 17.9. The van der Waals surface area contributed by atoms with E-state index in [0.29, 0.717) is 19.6 Å². The van der Waals surface area contributed by atoms with Crippen LogP contribution in [0.1, 0.15) is 36.2 Å². The zero-order valence-electron chi connectivity index (χ0n) is 10.4. The van der Waals surface area contributed by atoms with Crippen molar-refractivity contribution in [2.75, 3.05) is 13.2 Å². The van der Waals surface area contributed by atoms with Crippen molar-refractivity contribution < 1.29 is 14.3 Å². The van der Waals surface area contributed by atoms with E-state index in [1.165, 1.54) is 0 Å². The largest absolute Gasteiger partial charge is 0.344 e. The standard InChI is InChI=1S/C14H18O3/c1-3-16-14(17-4-2)10-9-11-7-5-6-8-12(11)13(14)15/h5-8H,3-4,9-10H2,1-2H3. The number of carbonyl (C=O) groups excluding carboxylic acids is 1. The first-order chi connectivity index (χ1) is 8.23. The molecule has 0 saturated heterocycles. The van der Waals surface area contributed by atoms with Crippen LogP contribution in [0.15, 0.2) is 24.3 Å². The molecule has 0 spiro atoms. The summed E-state index contributed by atoms with van der Waals surface area (Å²) in [4.78, 5) is 12.5. The minimum Gasteiger partial charge on any atom is -0.344 e. The predicted octanol–water partition coefficient (Wildman–Crippen LogP) is 2.58. The molecular formula is C14H18O3. The molecule has 0 bridgehead atoms. The molecular weight excluding hydrogens is 216 g/mol. The van der Waals surface area contributed by atoms with Gasteiger partial charge in [0.05, 0.1) is 0 Å². The summed E-state index contributed by atoms with van der Waals surface area (Å²) in [5, 5.41) is 0. The summed E-state index contributed by atoms with van der Waals surface area (Å²) in [6, 6.07) is 7.68. The first kappa shape index (κ1) is 12.3. The highest BCUT2D eigenvalue weighted by Crippen LogP contribution is 2.32. The molecule has 92 valence electrons. The van der Waals surface area contributed by atoms with E-state index in [2.05, 4.69) is 0 Å². The van der Waals surface area contributed by atoms with Gasteiger partial charge in [-0.05, 0) is 25.8 Å². The van der Waals surface area contributed by atoms with E-state index < -0.39 is 5.79 Å². The lowest BCUT2D eigenvalue weighted by atomic mass is 9.86. The Morgan fingerprint density at radius 2 is 1.82 bits per heavy atom. The first-order valence-electron chi connectivity index (χ1n) is 6.14. The Hall–Kier alpha value is -1.19. The summed E-state index contributed by atoms with van der Waals surface area (Å²) in [6.45, 7) is 4.73. The van der Waals surface area contributed by atoms with Gasteiger partial charge in [-0.15, -0.1) is 0 Å². The Morgan fingerprint density at radius 3 is 2.47 bits per heavy atom. The van der Waals surface area contributed by atoms with Crippen LogP contribution in [0.5, 0.6) is 0 Å². The number of rotatable bonds is 4. The highest BCUT2D eigenvalue weighted by molar-refractivity contribution is 6.03. The highest BCUT2D eigenvalue weighted by atomic mass is 16.7.